The van der Waals surface area contributed by atoms with Crippen molar-refractivity contribution >= 4 is 22.9 Å². The average Bonchev–Trinajstić information content (AvgIpc) is 2.78. The average molecular weight is 304 g/mol. The smallest absolute Gasteiger partial charge is 0.325 e. The molecule has 0 saturated heterocycles. The molecule has 7 nitrogen and oxygen atoms in total. The molecule has 0 aliphatic carbocycles. The molecule has 0 aliphatic heterocycles. The maximum absolute atomic E-state index is 12.4. The molecule has 2 heterocycles. The number of esters is 1. The SMILES string of the molecule is COC(=O)CNC(=O)c1cc(C(C)C)nc2c1c(C)nn2C. The molecule has 2 aromatic rings. The van der Waals surface area contributed by atoms with Gasteiger partial charge in [0, 0.05) is 12.7 Å². The first-order valence-electron chi connectivity index (χ1n) is 7.04. The van der Waals surface area contributed by atoms with Crippen LogP contribution in [0.25, 0.3) is 11.0 Å². The number of carbonyl (C=O) groups excluding carboxylic acids is 2. The lowest BCUT2D eigenvalue weighted by atomic mass is 10.0. The topological polar surface area (TPSA) is 86.1 Å². The monoisotopic (exact) mass is 304 g/mol. The second-order valence-corrected chi connectivity index (χ2v) is 5.42. The molecule has 0 saturated carbocycles. The third-order valence-corrected chi connectivity index (χ3v) is 3.45. The lowest BCUT2D eigenvalue weighted by Crippen LogP contribution is -2.30. The van der Waals surface area contributed by atoms with E-state index in [9.17, 15) is 9.59 Å². The number of amides is 1. The van der Waals surface area contributed by atoms with E-state index in [0.29, 0.717) is 16.6 Å². The standard InChI is InChI=1S/C15H20N4O3/c1-8(2)11-6-10(15(21)16-7-12(20)22-5)13-9(3)18-19(4)14(13)17-11/h6,8H,7H2,1-5H3,(H,16,21). The van der Waals surface area contributed by atoms with Crippen LogP contribution in [0, 0.1) is 6.92 Å². The maximum Gasteiger partial charge on any atom is 0.325 e. The number of fused-ring (bicyclic) bond motifs is 1. The van der Waals surface area contributed by atoms with E-state index in [-0.39, 0.29) is 18.4 Å². The predicted octanol–water partition coefficient (Wildman–Crippen LogP) is 1.30. The van der Waals surface area contributed by atoms with E-state index in [0.717, 1.165) is 11.4 Å². The van der Waals surface area contributed by atoms with E-state index < -0.39 is 5.97 Å². The molecule has 0 aromatic carbocycles. The van der Waals surface area contributed by atoms with Crippen LogP contribution in [0.4, 0.5) is 0 Å². The van der Waals surface area contributed by atoms with Crippen LogP contribution >= 0.6 is 0 Å². The van der Waals surface area contributed by atoms with E-state index in [1.807, 2.05) is 20.8 Å². The summed E-state index contributed by atoms with van der Waals surface area (Å²) < 4.78 is 6.19. The molecule has 0 aliphatic rings. The Kier molecular flexibility index (Phi) is 4.44. The van der Waals surface area contributed by atoms with Crippen LogP contribution in [-0.4, -0.2) is 40.3 Å². The largest absolute Gasteiger partial charge is 0.468 e. The second-order valence-electron chi connectivity index (χ2n) is 5.42. The van der Waals surface area contributed by atoms with E-state index in [2.05, 4.69) is 20.1 Å². The summed E-state index contributed by atoms with van der Waals surface area (Å²) in [5, 5.41) is 7.60. The molecule has 1 amide bonds. The van der Waals surface area contributed by atoms with Crippen LogP contribution in [-0.2, 0) is 16.6 Å². The molecule has 0 spiro atoms. The lowest BCUT2D eigenvalue weighted by Gasteiger charge is -2.10. The number of nitrogens with one attached hydrogen (secondary N) is 1. The highest BCUT2D eigenvalue weighted by atomic mass is 16.5. The summed E-state index contributed by atoms with van der Waals surface area (Å²) in [5.41, 5.74) is 2.66. The van der Waals surface area contributed by atoms with Crippen molar-refractivity contribution in [3.8, 4) is 0 Å². The highest BCUT2D eigenvalue weighted by Gasteiger charge is 2.20. The van der Waals surface area contributed by atoms with Crippen LogP contribution in [0.15, 0.2) is 6.07 Å². The van der Waals surface area contributed by atoms with Crippen molar-refractivity contribution in [3.63, 3.8) is 0 Å². The Morgan fingerprint density at radius 3 is 2.68 bits per heavy atom. The number of ether oxygens (including phenoxy) is 1. The van der Waals surface area contributed by atoms with Gasteiger partial charge in [0.05, 0.1) is 23.8 Å². The van der Waals surface area contributed by atoms with Crippen molar-refractivity contribution in [3.05, 3.63) is 23.0 Å². The summed E-state index contributed by atoms with van der Waals surface area (Å²) in [6, 6.07) is 1.76. The zero-order valence-corrected chi connectivity index (χ0v) is 13.4. The van der Waals surface area contributed by atoms with Gasteiger partial charge in [-0.15, -0.1) is 0 Å². The summed E-state index contributed by atoms with van der Waals surface area (Å²) in [4.78, 5) is 28.2. The number of rotatable bonds is 4. The van der Waals surface area contributed by atoms with Gasteiger partial charge in [0.15, 0.2) is 5.65 Å². The summed E-state index contributed by atoms with van der Waals surface area (Å²) in [6.07, 6.45) is 0. The van der Waals surface area contributed by atoms with Crippen LogP contribution in [0.3, 0.4) is 0 Å². The molecule has 0 bridgehead atoms. The Hall–Kier alpha value is -2.44. The molecule has 0 unspecified atom stereocenters. The van der Waals surface area contributed by atoms with Gasteiger partial charge in [0.2, 0.25) is 0 Å². The molecular weight excluding hydrogens is 284 g/mol. The summed E-state index contributed by atoms with van der Waals surface area (Å²) in [6.45, 7) is 5.67. The quantitative estimate of drug-likeness (QED) is 0.861. The molecule has 0 fully saturated rings. The molecular formula is C15H20N4O3. The molecule has 2 aromatic heterocycles. The second kappa shape index (κ2) is 6.13. The van der Waals surface area contributed by atoms with E-state index in [1.54, 1.807) is 17.8 Å². The Labute approximate surface area is 128 Å². The highest BCUT2D eigenvalue weighted by Crippen LogP contribution is 2.24. The number of hydrogen-bond acceptors (Lipinski definition) is 5. The molecule has 0 radical (unpaired) electrons. The zero-order valence-electron chi connectivity index (χ0n) is 13.4. The number of nitrogens with zero attached hydrogens (tertiary/aromatic N) is 3. The minimum atomic E-state index is -0.495. The minimum Gasteiger partial charge on any atom is -0.468 e. The Bertz CT molecular complexity index is 734. The fourth-order valence-corrected chi connectivity index (χ4v) is 2.26. The number of hydrogen-bond donors (Lipinski definition) is 1. The van der Waals surface area contributed by atoms with Gasteiger partial charge in [0.1, 0.15) is 6.54 Å². The first kappa shape index (κ1) is 15.9. The number of carbonyl (C=O) groups is 2. The molecule has 2 rings (SSSR count). The molecule has 22 heavy (non-hydrogen) atoms. The van der Waals surface area contributed by atoms with Crippen LogP contribution < -0.4 is 5.32 Å². The van der Waals surface area contributed by atoms with Gasteiger partial charge < -0.3 is 10.1 Å². The van der Waals surface area contributed by atoms with Crippen molar-refractivity contribution in [1.82, 2.24) is 20.1 Å². The van der Waals surface area contributed by atoms with Crippen molar-refractivity contribution < 1.29 is 14.3 Å². The van der Waals surface area contributed by atoms with E-state index in [4.69, 9.17) is 0 Å². The van der Waals surface area contributed by atoms with E-state index >= 15 is 0 Å². The Morgan fingerprint density at radius 2 is 2.09 bits per heavy atom. The third-order valence-electron chi connectivity index (χ3n) is 3.45. The van der Waals surface area contributed by atoms with Crippen molar-refractivity contribution in [2.45, 2.75) is 26.7 Å². The van der Waals surface area contributed by atoms with Gasteiger partial charge in [-0.05, 0) is 18.9 Å². The normalized spacial score (nSPS) is 11.0. The van der Waals surface area contributed by atoms with Gasteiger partial charge in [-0.2, -0.15) is 5.10 Å². The molecule has 0 atom stereocenters. The lowest BCUT2D eigenvalue weighted by molar-refractivity contribution is -0.139. The summed E-state index contributed by atoms with van der Waals surface area (Å²) in [7, 11) is 3.07. The van der Waals surface area contributed by atoms with Crippen molar-refractivity contribution in [1.29, 1.82) is 0 Å². The number of pyridine rings is 1. The van der Waals surface area contributed by atoms with Crippen molar-refractivity contribution in [2.75, 3.05) is 13.7 Å². The fourth-order valence-electron chi connectivity index (χ4n) is 2.26. The first-order chi connectivity index (χ1) is 10.3. The van der Waals surface area contributed by atoms with Gasteiger partial charge >= 0.3 is 5.97 Å². The molecule has 7 heteroatoms. The molecule has 118 valence electrons. The van der Waals surface area contributed by atoms with Crippen molar-refractivity contribution in [2.24, 2.45) is 7.05 Å². The first-order valence-corrected chi connectivity index (χ1v) is 7.04. The number of methoxy groups -OCH3 is 1. The van der Waals surface area contributed by atoms with Gasteiger partial charge in [-0.1, -0.05) is 13.8 Å². The third kappa shape index (κ3) is 2.93. The minimum absolute atomic E-state index is 0.171. The summed E-state index contributed by atoms with van der Waals surface area (Å²) >= 11 is 0. The Balaban J connectivity index is 2.50. The van der Waals surface area contributed by atoms with Crippen LogP contribution in [0.1, 0.15) is 41.5 Å². The van der Waals surface area contributed by atoms with E-state index in [1.165, 1.54) is 7.11 Å². The zero-order chi connectivity index (χ0) is 16.4. The van der Waals surface area contributed by atoms with Gasteiger partial charge in [-0.25, -0.2) is 4.98 Å². The summed E-state index contributed by atoms with van der Waals surface area (Å²) in [5.74, 6) is -0.659. The van der Waals surface area contributed by atoms with Gasteiger partial charge in [0.25, 0.3) is 5.91 Å². The predicted molar refractivity (Wildman–Crippen MR) is 81.7 cm³/mol. The Morgan fingerprint density at radius 1 is 1.41 bits per heavy atom. The van der Waals surface area contributed by atoms with Crippen LogP contribution in [0.5, 0.6) is 0 Å². The fraction of sp³-hybridized carbons (Fsp3) is 0.467. The van der Waals surface area contributed by atoms with Crippen LogP contribution in [0.2, 0.25) is 0 Å². The maximum atomic E-state index is 12.4. The number of aromatic nitrogens is 3. The molecule has 1 N–H and O–H groups in total. The number of aryl methyl sites for hydroxylation is 2. The highest BCUT2D eigenvalue weighted by molar-refractivity contribution is 6.07. The van der Waals surface area contributed by atoms with Gasteiger partial charge in [-0.3, -0.25) is 14.3 Å².